The van der Waals surface area contributed by atoms with Gasteiger partial charge in [0.15, 0.2) is 5.60 Å². The van der Waals surface area contributed by atoms with Crippen molar-refractivity contribution in [1.29, 1.82) is 0 Å². The molecule has 3 nitrogen and oxygen atoms in total. The highest BCUT2D eigenvalue weighted by atomic mass is 16.3. The minimum atomic E-state index is -1.37. The second kappa shape index (κ2) is 5.22. The van der Waals surface area contributed by atoms with Crippen LogP contribution in [0.25, 0.3) is 0 Å². The molecule has 0 radical (unpaired) electrons. The van der Waals surface area contributed by atoms with Gasteiger partial charge in [0.1, 0.15) is 0 Å². The van der Waals surface area contributed by atoms with E-state index in [1.165, 1.54) is 6.42 Å². The van der Waals surface area contributed by atoms with Gasteiger partial charge in [0, 0.05) is 5.41 Å². The van der Waals surface area contributed by atoms with Crippen molar-refractivity contribution in [2.24, 2.45) is 34.5 Å². The van der Waals surface area contributed by atoms with Gasteiger partial charge < -0.3 is 15.3 Å². The number of fused-ring (bicyclic) bond motifs is 5. The Balaban J connectivity index is 1.67. The van der Waals surface area contributed by atoms with Crippen LogP contribution in [0.2, 0.25) is 0 Å². The minimum absolute atomic E-state index is 0.117. The molecule has 0 amide bonds. The first kappa shape index (κ1) is 16.9. The largest absolute Gasteiger partial charge is 0.393 e. The highest BCUT2D eigenvalue weighted by Crippen LogP contribution is 2.68. The van der Waals surface area contributed by atoms with E-state index in [-0.39, 0.29) is 11.5 Å². The summed E-state index contributed by atoms with van der Waals surface area (Å²) in [6.45, 7) is 4.56. The quantitative estimate of drug-likeness (QED) is 0.598. The van der Waals surface area contributed by atoms with Crippen LogP contribution in [0.3, 0.4) is 0 Å². The number of terminal acetylenes is 1. The van der Waals surface area contributed by atoms with Crippen LogP contribution in [-0.2, 0) is 0 Å². The molecule has 3 unspecified atom stereocenters. The van der Waals surface area contributed by atoms with Crippen molar-refractivity contribution < 1.29 is 15.3 Å². The molecular formula is C21H32O3. The van der Waals surface area contributed by atoms with Gasteiger partial charge in [-0.15, -0.1) is 6.42 Å². The van der Waals surface area contributed by atoms with Gasteiger partial charge in [-0.2, -0.15) is 0 Å². The second-order valence-electron chi connectivity index (χ2n) is 9.70. The average Bonchev–Trinajstić information content (AvgIpc) is 2.76. The number of rotatable bonds is 0. The van der Waals surface area contributed by atoms with Gasteiger partial charge in [0.05, 0.1) is 12.2 Å². The van der Waals surface area contributed by atoms with Crippen molar-refractivity contribution in [1.82, 2.24) is 0 Å². The first-order valence-corrected chi connectivity index (χ1v) is 9.82. The molecule has 0 aliphatic heterocycles. The summed E-state index contributed by atoms with van der Waals surface area (Å²) in [4.78, 5) is 0. The maximum Gasteiger partial charge on any atom is 0.156 e. The number of hydrogen-bond donors (Lipinski definition) is 3. The zero-order valence-electron chi connectivity index (χ0n) is 15.0. The van der Waals surface area contributed by atoms with E-state index in [0.717, 1.165) is 38.5 Å². The Morgan fingerprint density at radius 2 is 1.71 bits per heavy atom. The van der Waals surface area contributed by atoms with E-state index in [4.69, 9.17) is 6.42 Å². The lowest BCUT2D eigenvalue weighted by Crippen LogP contribution is -2.57. The van der Waals surface area contributed by atoms with Gasteiger partial charge in [-0.25, -0.2) is 0 Å². The molecule has 0 saturated heterocycles. The molecule has 0 heterocycles. The van der Waals surface area contributed by atoms with Crippen LogP contribution < -0.4 is 0 Å². The van der Waals surface area contributed by atoms with Gasteiger partial charge in [0.25, 0.3) is 0 Å². The lowest BCUT2D eigenvalue weighted by atomic mass is 9.44. The zero-order valence-corrected chi connectivity index (χ0v) is 15.0. The van der Waals surface area contributed by atoms with Crippen molar-refractivity contribution in [3.05, 3.63) is 0 Å². The fourth-order valence-corrected chi connectivity index (χ4v) is 7.52. The second-order valence-corrected chi connectivity index (χ2v) is 9.70. The van der Waals surface area contributed by atoms with Crippen molar-refractivity contribution in [3.8, 4) is 12.3 Å². The summed E-state index contributed by atoms with van der Waals surface area (Å²) in [6.07, 6.45) is 12.7. The Hall–Kier alpha value is -0.560. The number of aliphatic hydroxyl groups excluding tert-OH is 2. The average molecular weight is 332 g/mol. The molecular weight excluding hydrogens is 300 g/mol. The van der Waals surface area contributed by atoms with E-state index in [1.54, 1.807) is 0 Å². The van der Waals surface area contributed by atoms with E-state index >= 15 is 0 Å². The van der Waals surface area contributed by atoms with Crippen LogP contribution in [0.4, 0.5) is 0 Å². The Labute approximate surface area is 145 Å². The Kier molecular flexibility index (Phi) is 3.67. The maximum atomic E-state index is 11.0. The van der Waals surface area contributed by atoms with Crippen LogP contribution in [-0.4, -0.2) is 33.1 Å². The molecule has 0 aromatic heterocycles. The van der Waals surface area contributed by atoms with E-state index in [1.807, 2.05) is 0 Å². The molecule has 0 aromatic rings. The van der Waals surface area contributed by atoms with E-state index in [2.05, 4.69) is 19.8 Å². The van der Waals surface area contributed by atoms with Gasteiger partial charge in [-0.3, -0.25) is 0 Å². The van der Waals surface area contributed by atoms with Gasteiger partial charge in [0.2, 0.25) is 0 Å². The SMILES string of the molecule is C#C[C@]1(O)[C@H](O)CC2C3CC[C@H]4C[C@@H](O)CC[C@]4(C)C3CC[C@@]21C. The third-order valence-corrected chi connectivity index (χ3v) is 9.08. The molecule has 4 aliphatic rings. The maximum absolute atomic E-state index is 11.0. The molecule has 4 aliphatic carbocycles. The highest BCUT2D eigenvalue weighted by molar-refractivity contribution is 5.27. The summed E-state index contributed by atoms with van der Waals surface area (Å²) in [5.74, 6) is 4.72. The minimum Gasteiger partial charge on any atom is -0.393 e. The Morgan fingerprint density at radius 1 is 0.958 bits per heavy atom. The molecule has 9 atom stereocenters. The number of aliphatic hydroxyl groups is 3. The summed E-state index contributed by atoms with van der Waals surface area (Å²) in [5, 5.41) is 31.7. The van der Waals surface area contributed by atoms with Crippen LogP contribution in [0, 0.1) is 46.8 Å². The highest BCUT2D eigenvalue weighted by Gasteiger charge is 2.67. The van der Waals surface area contributed by atoms with Gasteiger partial charge >= 0.3 is 0 Å². The third kappa shape index (κ3) is 1.91. The number of hydrogen-bond acceptors (Lipinski definition) is 3. The Morgan fingerprint density at radius 3 is 2.42 bits per heavy atom. The lowest BCUT2D eigenvalue weighted by Gasteiger charge is -2.61. The van der Waals surface area contributed by atoms with E-state index in [9.17, 15) is 15.3 Å². The molecule has 0 aromatic carbocycles. The molecule has 24 heavy (non-hydrogen) atoms. The van der Waals surface area contributed by atoms with Crippen molar-refractivity contribution in [3.63, 3.8) is 0 Å². The molecule has 134 valence electrons. The van der Waals surface area contributed by atoms with Crippen molar-refractivity contribution in [2.45, 2.75) is 83.0 Å². The fraction of sp³-hybridized carbons (Fsp3) is 0.905. The topological polar surface area (TPSA) is 60.7 Å². The monoisotopic (exact) mass is 332 g/mol. The molecule has 4 rings (SSSR count). The van der Waals surface area contributed by atoms with Crippen molar-refractivity contribution in [2.75, 3.05) is 0 Å². The van der Waals surface area contributed by atoms with Crippen LogP contribution in [0.5, 0.6) is 0 Å². The van der Waals surface area contributed by atoms with Gasteiger partial charge in [-0.1, -0.05) is 19.8 Å². The van der Waals surface area contributed by atoms with Crippen LogP contribution in [0.1, 0.15) is 65.2 Å². The first-order chi connectivity index (χ1) is 11.3. The summed E-state index contributed by atoms with van der Waals surface area (Å²) < 4.78 is 0. The van der Waals surface area contributed by atoms with Crippen LogP contribution in [0.15, 0.2) is 0 Å². The predicted octanol–water partition coefficient (Wildman–Crippen LogP) is 2.73. The molecule has 4 saturated carbocycles. The first-order valence-electron chi connectivity index (χ1n) is 9.82. The lowest BCUT2D eigenvalue weighted by molar-refractivity contribution is -0.151. The van der Waals surface area contributed by atoms with Gasteiger partial charge in [-0.05, 0) is 80.5 Å². The predicted molar refractivity (Wildman–Crippen MR) is 92.9 cm³/mol. The van der Waals surface area contributed by atoms with Crippen molar-refractivity contribution >= 4 is 0 Å². The summed E-state index contributed by atoms with van der Waals surface area (Å²) in [5.41, 5.74) is -1.42. The molecule has 0 spiro atoms. The Bertz CT molecular complexity index is 568. The molecule has 4 fully saturated rings. The summed E-state index contributed by atoms with van der Waals surface area (Å²) in [7, 11) is 0. The molecule has 3 N–H and O–H groups in total. The standard InChI is InChI=1S/C21H32O3/c1-4-21(24)18(23)12-17-15-6-5-13-11-14(22)7-9-19(13,2)16(15)8-10-20(17,21)3/h1,13-18,22-24H,5-12H2,2-3H3/t13-,14-,15?,16?,17?,18+,19-,20-,21-/m0/s1. The van der Waals surface area contributed by atoms with Crippen LogP contribution >= 0.6 is 0 Å². The molecule has 0 bridgehead atoms. The smallest absolute Gasteiger partial charge is 0.156 e. The summed E-state index contributed by atoms with van der Waals surface area (Å²) >= 11 is 0. The fourth-order valence-electron chi connectivity index (χ4n) is 7.52. The van der Waals surface area contributed by atoms with E-state index in [0.29, 0.717) is 35.5 Å². The normalized spacial score (nSPS) is 59.8. The zero-order chi connectivity index (χ0) is 17.3. The molecule has 3 heteroatoms. The summed E-state index contributed by atoms with van der Waals surface area (Å²) in [6, 6.07) is 0. The third-order valence-electron chi connectivity index (χ3n) is 9.08. The van der Waals surface area contributed by atoms with E-state index < -0.39 is 11.7 Å².